The average Bonchev–Trinajstić information content (AvgIpc) is 2.52. The molecule has 1 N–H and O–H groups in total. The first-order valence-corrected chi connectivity index (χ1v) is 8.05. The Morgan fingerprint density at radius 2 is 1.91 bits per heavy atom. The van der Waals surface area contributed by atoms with Crippen molar-refractivity contribution in [2.75, 3.05) is 18.2 Å². The predicted molar refractivity (Wildman–Crippen MR) is 88.6 cm³/mol. The number of thioether (sulfide) groups is 1. The molecule has 22 heavy (non-hydrogen) atoms. The molecule has 114 valence electrons. The summed E-state index contributed by atoms with van der Waals surface area (Å²) in [6, 6.07) is 13.7. The molecule has 0 radical (unpaired) electrons. The number of rotatable bonds is 5. The fourth-order valence-electron chi connectivity index (χ4n) is 1.70. The summed E-state index contributed by atoms with van der Waals surface area (Å²) < 4.78 is 4.98. The smallest absolute Gasteiger partial charge is 0.338 e. The van der Waals surface area contributed by atoms with Crippen LogP contribution in [0, 0.1) is 0 Å². The highest BCUT2D eigenvalue weighted by Gasteiger charge is 2.10. The van der Waals surface area contributed by atoms with Crippen LogP contribution in [0.3, 0.4) is 0 Å². The number of carbonyl (C=O) groups excluding carboxylic acids is 2. The van der Waals surface area contributed by atoms with Gasteiger partial charge in [0.2, 0.25) is 0 Å². The predicted octanol–water partition coefficient (Wildman–Crippen LogP) is 3.86. The van der Waals surface area contributed by atoms with Gasteiger partial charge in [-0.3, -0.25) is 4.79 Å². The minimum atomic E-state index is -0.533. The molecule has 0 aliphatic heterocycles. The number of anilines is 1. The van der Waals surface area contributed by atoms with Gasteiger partial charge in [0.1, 0.15) is 0 Å². The molecule has 0 heterocycles. The highest BCUT2D eigenvalue weighted by Crippen LogP contribution is 2.16. The van der Waals surface area contributed by atoms with E-state index in [4.69, 9.17) is 16.3 Å². The molecule has 0 spiro atoms. The summed E-state index contributed by atoms with van der Waals surface area (Å²) in [7, 11) is 0. The van der Waals surface area contributed by atoms with Crippen LogP contribution >= 0.6 is 23.4 Å². The largest absolute Gasteiger partial charge is 0.452 e. The van der Waals surface area contributed by atoms with Crippen molar-refractivity contribution in [1.29, 1.82) is 0 Å². The molecule has 4 nitrogen and oxygen atoms in total. The molecular weight excluding hydrogens is 322 g/mol. The molecule has 2 aromatic carbocycles. The van der Waals surface area contributed by atoms with Gasteiger partial charge in [-0.05, 0) is 48.7 Å². The maximum atomic E-state index is 11.8. The Bertz CT molecular complexity index is 673. The van der Waals surface area contributed by atoms with Crippen molar-refractivity contribution in [3.05, 3.63) is 59.1 Å². The van der Waals surface area contributed by atoms with Gasteiger partial charge in [0.15, 0.2) is 6.61 Å². The van der Waals surface area contributed by atoms with Crippen LogP contribution in [0.2, 0.25) is 5.02 Å². The van der Waals surface area contributed by atoms with Gasteiger partial charge in [0.05, 0.1) is 5.56 Å². The number of amides is 1. The lowest BCUT2D eigenvalue weighted by atomic mass is 10.2. The Hall–Kier alpha value is -1.98. The lowest BCUT2D eigenvalue weighted by molar-refractivity contribution is -0.119. The van der Waals surface area contributed by atoms with Gasteiger partial charge in [-0.15, -0.1) is 11.8 Å². The second kappa shape index (κ2) is 7.87. The first-order chi connectivity index (χ1) is 10.6. The van der Waals surface area contributed by atoms with Gasteiger partial charge < -0.3 is 10.1 Å². The van der Waals surface area contributed by atoms with E-state index in [0.29, 0.717) is 16.3 Å². The Morgan fingerprint density at radius 3 is 2.55 bits per heavy atom. The van der Waals surface area contributed by atoms with Crippen molar-refractivity contribution in [3.8, 4) is 0 Å². The van der Waals surface area contributed by atoms with Crippen LogP contribution in [0.4, 0.5) is 5.69 Å². The lowest BCUT2D eigenvalue weighted by Crippen LogP contribution is -2.20. The molecule has 2 aromatic rings. The number of hydrogen-bond acceptors (Lipinski definition) is 4. The third-order valence-corrected chi connectivity index (χ3v) is 3.75. The van der Waals surface area contributed by atoms with Crippen molar-refractivity contribution in [2.45, 2.75) is 4.90 Å². The monoisotopic (exact) mass is 335 g/mol. The van der Waals surface area contributed by atoms with E-state index in [1.165, 1.54) is 0 Å². The van der Waals surface area contributed by atoms with Gasteiger partial charge >= 0.3 is 5.97 Å². The summed E-state index contributed by atoms with van der Waals surface area (Å²) >= 11 is 7.40. The van der Waals surface area contributed by atoms with E-state index in [1.54, 1.807) is 48.2 Å². The Balaban J connectivity index is 1.86. The third-order valence-electron chi connectivity index (χ3n) is 2.77. The van der Waals surface area contributed by atoms with E-state index >= 15 is 0 Å². The van der Waals surface area contributed by atoms with Crippen molar-refractivity contribution >= 4 is 40.9 Å². The molecule has 0 aliphatic carbocycles. The van der Waals surface area contributed by atoms with E-state index in [2.05, 4.69) is 5.32 Å². The van der Waals surface area contributed by atoms with Crippen LogP contribution in [0.15, 0.2) is 53.4 Å². The molecule has 0 saturated carbocycles. The summed E-state index contributed by atoms with van der Waals surface area (Å²) in [4.78, 5) is 24.6. The summed E-state index contributed by atoms with van der Waals surface area (Å²) in [5.74, 6) is -0.953. The maximum absolute atomic E-state index is 11.8. The van der Waals surface area contributed by atoms with Crippen LogP contribution in [-0.2, 0) is 9.53 Å². The number of esters is 1. The number of ether oxygens (including phenoxy) is 1. The second-order valence-corrected chi connectivity index (χ2v) is 5.68. The van der Waals surface area contributed by atoms with Crippen LogP contribution in [0.25, 0.3) is 0 Å². The molecule has 0 fully saturated rings. The molecule has 2 rings (SSSR count). The number of hydrogen-bond donors (Lipinski definition) is 1. The summed E-state index contributed by atoms with van der Waals surface area (Å²) in [6.45, 7) is -0.352. The maximum Gasteiger partial charge on any atom is 0.338 e. The van der Waals surface area contributed by atoms with E-state index in [9.17, 15) is 9.59 Å². The lowest BCUT2D eigenvalue weighted by Gasteiger charge is -2.07. The molecule has 0 atom stereocenters. The van der Waals surface area contributed by atoms with Gasteiger partial charge in [0, 0.05) is 15.6 Å². The average molecular weight is 336 g/mol. The fourth-order valence-corrected chi connectivity index (χ4v) is 2.30. The van der Waals surface area contributed by atoms with Gasteiger partial charge in [0.25, 0.3) is 5.91 Å². The van der Waals surface area contributed by atoms with E-state index in [0.717, 1.165) is 4.90 Å². The number of benzene rings is 2. The van der Waals surface area contributed by atoms with Gasteiger partial charge in [-0.2, -0.15) is 0 Å². The first-order valence-electron chi connectivity index (χ1n) is 6.45. The zero-order valence-corrected chi connectivity index (χ0v) is 13.4. The zero-order chi connectivity index (χ0) is 15.9. The minimum absolute atomic E-state index is 0.352. The first kappa shape index (κ1) is 16.4. The highest BCUT2D eigenvalue weighted by atomic mass is 35.5. The normalized spacial score (nSPS) is 10.1. The van der Waals surface area contributed by atoms with Crippen LogP contribution in [-0.4, -0.2) is 24.7 Å². The van der Waals surface area contributed by atoms with Crippen molar-refractivity contribution < 1.29 is 14.3 Å². The molecule has 0 bridgehead atoms. The summed E-state index contributed by atoms with van der Waals surface area (Å²) in [6.07, 6.45) is 1.95. The minimum Gasteiger partial charge on any atom is -0.452 e. The quantitative estimate of drug-likeness (QED) is 0.666. The molecular formula is C16H14ClNO3S. The zero-order valence-electron chi connectivity index (χ0n) is 11.8. The SMILES string of the molecule is CSc1ccc(C(=O)OCC(=O)Nc2cccc(Cl)c2)cc1. The molecule has 0 unspecified atom stereocenters. The molecule has 1 amide bonds. The molecule has 0 aliphatic rings. The summed E-state index contributed by atoms with van der Waals surface area (Å²) in [5, 5.41) is 3.12. The third kappa shape index (κ3) is 4.79. The van der Waals surface area contributed by atoms with E-state index in [1.807, 2.05) is 18.4 Å². The molecule has 6 heteroatoms. The number of carbonyl (C=O) groups is 2. The Labute approximate surface area is 137 Å². The van der Waals surface area contributed by atoms with Crippen LogP contribution < -0.4 is 5.32 Å². The second-order valence-electron chi connectivity index (χ2n) is 4.36. The Kier molecular flexibility index (Phi) is 5.86. The topological polar surface area (TPSA) is 55.4 Å². The highest BCUT2D eigenvalue weighted by molar-refractivity contribution is 7.98. The van der Waals surface area contributed by atoms with Gasteiger partial charge in [-0.1, -0.05) is 17.7 Å². The van der Waals surface area contributed by atoms with Gasteiger partial charge in [-0.25, -0.2) is 4.79 Å². The van der Waals surface area contributed by atoms with E-state index < -0.39 is 11.9 Å². The molecule has 0 saturated heterocycles. The molecule has 0 aromatic heterocycles. The van der Waals surface area contributed by atoms with Crippen molar-refractivity contribution in [3.63, 3.8) is 0 Å². The Morgan fingerprint density at radius 1 is 1.18 bits per heavy atom. The number of nitrogens with one attached hydrogen (secondary N) is 1. The number of halogens is 1. The van der Waals surface area contributed by atoms with E-state index in [-0.39, 0.29) is 6.61 Å². The standard InChI is InChI=1S/C16H14ClNO3S/c1-22-14-7-5-11(6-8-14)16(20)21-10-15(19)18-13-4-2-3-12(17)9-13/h2-9H,10H2,1H3,(H,18,19). The van der Waals surface area contributed by atoms with Crippen LogP contribution in [0.1, 0.15) is 10.4 Å². The van der Waals surface area contributed by atoms with Crippen molar-refractivity contribution in [2.24, 2.45) is 0 Å². The fraction of sp³-hybridized carbons (Fsp3) is 0.125. The van der Waals surface area contributed by atoms with Crippen LogP contribution in [0.5, 0.6) is 0 Å². The van der Waals surface area contributed by atoms with Crippen molar-refractivity contribution in [1.82, 2.24) is 0 Å². The summed E-state index contributed by atoms with van der Waals surface area (Å²) in [5.41, 5.74) is 0.964.